The summed E-state index contributed by atoms with van der Waals surface area (Å²) in [5.74, 6) is 0. The van der Waals surface area contributed by atoms with Crippen molar-refractivity contribution in [1.82, 2.24) is 0 Å². The van der Waals surface area contributed by atoms with Gasteiger partial charge in [-0.15, -0.1) is 0 Å². The van der Waals surface area contributed by atoms with Gasteiger partial charge in [0.15, 0.2) is 7.28 Å². The topological polar surface area (TPSA) is 18.5 Å². The standard InChI is InChI=1S/C70H69BN3/c1-45-41-50(69(8,9)10)33-39-62(45)74-63-40-38-54(73(52-34-29-48(30-35-52)67(2,3)4)53-36-31-49(32-37-53)68(5,6)7)43-60(63)71-65-57(44-59-64(66(65)74)56-26-16-18-27-58(56)70(59,11)12)55-25-17-19-28-61(55)72-51-24-20-23-47(42-51)46-21-14-13-15-22-46/h13-44,72H,1-12H3. The molecule has 3 nitrogen and oxygen atoms in total. The Morgan fingerprint density at radius 1 is 0.459 bits per heavy atom. The second kappa shape index (κ2) is 18.1. The number of nitrogens with one attached hydrogen (secondary N) is 1. The Morgan fingerprint density at radius 2 is 1.01 bits per heavy atom. The third-order valence-electron chi connectivity index (χ3n) is 15.7. The zero-order valence-electron chi connectivity index (χ0n) is 45.4. The average molecular weight is 963 g/mol. The summed E-state index contributed by atoms with van der Waals surface area (Å²) in [7, 11) is 2.49. The van der Waals surface area contributed by atoms with Gasteiger partial charge in [0.05, 0.1) is 0 Å². The minimum Gasteiger partial charge on any atom is -0.355 e. The first-order valence-electron chi connectivity index (χ1n) is 26.5. The van der Waals surface area contributed by atoms with Crippen molar-refractivity contribution in [3.05, 3.63) is 228 Å². The van der Waals surface area contributed by atoms with E-state index in [1.807, 2.05) is 0 Å². The Balaban J connectivity index is 1.16. The van der Waals surface area contributed by atoms with E-state index < -0.39 is 0 Å². The van der Waals surface area contributed by atoms with Crippen LogP contribution in [-0.4, -0.2) is 7.28 Å². The van der Waals surface area contributed by atoms with Gasteiger partial charge in [-0.2, -0.15) is 0 Å². The van der Waals surface area contributed by atoms with Gasteiger partial charge in [0.2, 0.25) is 0 Å². The van der Waals surface area contributed by atoms with Gasteiger partial charge in [0, 0.05) is 62.0 Å². The Morgan fingerprint density at radius 3 is 1.65 bits per heavy atom. The third kappa shape index (κ3) is 8.72. The number of nitrogens with zero attached hydrogens (tertiary/aromatic N) is 2. The van der Waals surface area contributed by atoms with E-state index in [2.05, 4.69) is 300 Å². The van der Waals surface area contributed by atoms with Crippen molar-refractivity contribution in [3.8, 4) is 33.4 Å². The number of benzene rings is 9. The molecule has 1 aliphatic heterocycles. The molecule has 0 bridgehead atoms. The smallest absolute Gasteiger partial charge is 0.198 e. The molecule has 367 valence electrons. The van der Waals surface area contributed by atoms with Crippen molar-refractivity contribution in [2.75, 3.05) is 15.1 Å². The summed E-state index contributed by atoms with van der Waals surface area (Å²) in [5, 5.41) is 3.94. The predicted octanol–water partition coefficient (Wildman–Crippen LogP) is 18.2. The highest BCUT2D eigenvalue weighted by atomic mass is 15.2. The lowest BCUT2D eigenvalue weighted by Crippen LogP contribution is -2.42. The Hall–Kier alpha value is -7.56. The SMILES string of the molecule is Cc1cc(C(C)(C)C)ccc1N1c2ccc(N(c3ccc(C(C)(C)C)cc3)c3ccc(C(C)(C)C)cc3)cc2[B]c2c(-c3ccccc3Nc3cccc(-c4ccccc4)c3)cc3c(c21)-c1ccccc1C3(C)C. The molecule has 0 fully saturated rings. The molecule has 9 aromatic rings. The summed E-state index contributed by atoms with van der Waals surface area (Å²) in [4.78, 5) is 5.04. The molecule has 1 heterocycles. The van der Waals surface area contributed by atoms with Crippen LogP contribution in [0.5, 0.6) is 0 Å². The van der Waals surface area contributed by atoms with E-state index in [1.54, 1.807) is 0 Å². The molecule has 0 saturated heterocycles. The van der Waals surface area contributed by atoms with Gasteiger partial charge in [0.1, 0.15) is 0 Å². The van der Waals surface area contributed by atoms with Crippen LogP contribution in [0.3, 0.4) is 0 Å². The molecule has 0 saturated carbocycles. The van der Waals surface area contributed by atoms with Crippen LogP contribution in [0.2, 0.25) is 0 Å². The molecule has 0 atom stereocenters. The number of rotatable bonds is 8. The quantitative estimate of drug-likeness (QED) is 0.153. The highest BCUT2D eigenvalue weighted by molar-refractivity contribution is 6.73. The first kappa shape index (κ1) is 48.7. The molecule has 4 heteroatoms. The van der Waals surface area contributed by atoms with Gasteiger partial charge in [-0.1, -0.05) is 203 Å². The highest BCUT2D eigenvalue weighted by Gasteiger charge is 2.42. The van der Waals surface area contributed by atoms with E-state index >= 15 is 0 Å². The lowest BCUT2D eigenvalue weighted by Gasteiger charge is -2.39. The van der Waals surface area contributed by atoms with Gasteiger partial charge in [-0.05, 0) is 157 Å². The van der Waals surface area contributed by atoms with Crippen molar-refractivity contribution in [2.24, 2.45) is 0 Å². The molecule has 1 aliphatic carbocycles. The van der Waals surface area contributed by atoms with Gasteiger partial charge in [-0.25, -0.2) is 0 Å². The zero-order valence-corrected chi connectivity index (χ0v) is 45.4. The van der Waals surface area contributed by atoms with Gasteiger partial charge in [-0.3, -0.25) is 0 Å². The Labute approximate surface area is 442 Å². The minimum absolute atomic E-state index is 0.00197. The molecule has 0 unspecified atom stereocenters. The van der Waals surface area contributed by atoms with Crippen LogP contribution < -0.4 is 26.0 Å². The fraction of sp³-hybridized carbons (Fsp3) is 0.229. The van der Waals surface area contributed by atoms with Crippen LogP contribution in [-0.2, 0) is 21.7 Å². The van der Waals surface area contributed by atoms with Crippen molar-refractivity contribution in [2.45, 2.75) is 105 Å². The summed E-state index contributed by atoms with van der Waals surface area (Å²) < 4.78 is 0. The molecule has 74 heavy (non-hydrogen) atoms. The molecular weight excluding hydrogens is 894 g/mol. The summed E-state index contributed by atoms with van der Waals surface area (Å²) in [6.45, 7) is 27.8. The number of aryl methyl sites for hydroxylation is 1. The summed E-state index contributed by atoms with van der Waals surface area (Å²) in [6.07, 6.45) is 0. The Bertz CT molecular complexity index is 3530. The maximum Gasteiger partial charge on any atom is 0.198 e. The minimum atomic E-state index is -0.255. The average Bonchev–Trinajstić information content (AvgIpc) is 3.61. The molecule has 1 radical (unpaired) electrons. The van der Waals surface area contributed by atoms with E-state index in [9.17, 15) is 0 Å². The molecule has 0 spiro atoms. The molecule has 0 amide bonds. The van der Waals surface area contributed by atoms with Gasteiger partial charge in [0.25, 0.3) is 0 Å². The molecule has 11 rings (SSSR count). The number of para-hydroxylation sites is 1. The van der Waals surface area contributed by atoms with Crippen LogP contribution >= 0.6 is 0 Å². The van der Waals surface area contributed by atoms with Crippen LogP contribution in [0, 0.1) is 6.92 Å². The molecular formula is C70H69BN3. The highest BCUT2D eigenvalue weighted by Crippen LogP contribution is 2.56. The number of hydrogen-bond donors (Lipinski definition) is 1. The number of fused-ring (bicyclic) bond motifs is 6. The first-order valence-corrected chi connectivity index (χ1v) is 26.5. The third-order valence-corrected chi connectivity index (χ3v) is 15.7. The van der Waals surface area contributed by atoms with E-state index in [0.29, 0.717) is 0 Å². The fourth-order valence-corrected chi connectivity index (χ4v) is 11.4. The lowest BCUT2D eigenvalue weighted by atomic mass is 9.57. The van der Waals surface area contributed by atoms with Crippen LogP contribution in [0.25, 0.3) is 33.4 Å². The van der Waals surface area contributed by atoms with Crippen LogP contribution in [0.4, 0.5) is 45.5 Å². The van der Waals surface area contributed by atoms with Crippen molar-refractivity contribution >= 4 is 63.7 Å². The fourth-order valence-electron chi connectivity index (χ4n) is 11.4. The zero-order chi connectivity index (χ0) is 51.9. The van der Waals surface area contributed by atoms with E-state index in [1.165, 1.54) is 78.0 Å². The lowest BCUT2D eigenvalue weighted by molar-refractivity contribution is 0.589. The molecule has 0 aromatic heterocycles. The maximum absolute atomic E-state index is 3.94. The number of anilines is 8. The first-order chi connectivity index (χ1) is 35.3. The molecule has 1 N–H and O–H groups in total. The number of hydrogen-bond acceptors (Lipinski definition) is 3. The van der Waals surface area contributed by atoms with Crippen molar-refractivity contribution in [1.29, 1.82) is 0 Å². The van der Waals surface area contributed by atoms with E-state index in [4.69, 9.17) is 0 Å². The normalized spacial score (nSPS) is 13.6. The predicted molar refractivity (Wildman–Crippen MR) is 320 cm³/mol. The van der Waals surface area contributed by atoms with Gasteiger partial charge < -0.3 is 15.1 Å². The van der Waals surface area contributed by atoms with E-state index in [0.717, 1.165) is 45.2 Å². The monoisotopic (exact) mass is 963 g/mol. The largest absolute Gasteiger partial charge is 0.355 e. The summed E-state index contributed by atoms with van der Waals surface area (Å²) in [6, 6.07) is 72.6. The Kier molecular flexibility index (Phi) is 11.9. The molecule has 9 aromatic carbocycles. The van der Waals surface area contributed by atoms with Crippen molar-refractivity contribution in [3.63, 3.8) is 0 Å². The second-order valence-electron chi connectivity index (χ2n) is 24.3. The van der Waals surface area contributed by atoms with E-state index in [-0.39, 0.29) is 21.7 Å². The summed E-state index contributed by atoms with van der Waals surface area (Å²) in [5.41, 5.74) is 26.4. The van der Waals surface area contributed by atoms with Crippen LogP contribution in [0.15, 0.2) is 194 Å². The maximum atomic E-state index is 3.94. The van der Waals surface area contributed by atoms with Crippen LogP contribution in [0.1, 0.15) is 110 Å². The summed E-state index contributed by atoms with van der Waals surface area (Å²) >= 11 is 0. The molecule has 2 aliphatic rings. The van der Waals surface area contributed by atoms with Gasteiger partial charge >= 0.3 is 0 Å². The second-order valence-corrected chi connectivity index (χ2v) is 24.3. The van der Waals surface area contributed by atoms with Crippen molar-refractivity contribution < 1.29 is 0 Å².